The molecule has 2 rings (SSSR count). The molecule has 152 valence electrons. The quantitative estimate of drug-likeness (QED) is 0.521. The second-order valence-electron chi connectivity index (χ2n) is 6.25. The molecule has 7 nitrogen and oxygen atoms in total. The number of ketones is 1. The summed E-state index contributed by atoms with van der Waals surface area (Å²) < 4.78 is 10.1. The average molecular weight is 428 g/mol. The standard InChI is InChI=1S/C19H22ClNO6S/c1-4-26-19(25)15-10(2)16(11(3)22)28-17(15)21-14(23)9-27-18(24)12-7-5-6-8-13(12)20/h4-9H2,1-3H3,(H,21,23). The first kappa shape index (κ1) is 22.1. The molecule has 1 aromatic rings. The van der Waals surface area contributed by atoms with Gasteiger partial charge in [-0.2, -0.15) is 0 Å². The second-order valence-corrected chi connectivity index (χ2v) is 7.73. The SMILES string of the molecule is CCOC(=O)c1c(NC(=O)COC(=O)C2=C(Cl)CCCC2)sc(C(C)=O)c1C. The Balaban J connectivity index is 2.10. The third-order valence-electron chi connectivity index (χ3n) is 4.18. The summed E-state index contributed by atoms with van der Waals surface area (Å²) in [6, 6.07) is 0. The third kappa shape index (κ3) is 5.20. The van der Waals surface area contributed by atoms with Gasteiger partial charge in [0, 0.05) is 5.03 Å². The molecular formula is C19H22ClNO6S. The Kier molecular flexibility index (Phi) is 7.77. The lowest BCUT2D eigenvalue weighted by Gasteiger charge is -2.15. The van der Waals surface area contributed by atoms with Crippen molar-refractivity contribution in [1.29, 1.82) is 0 Å². The molecule has 0 fully saturated rings. The van der Waals surface area contributed by atoms with Crippen molar-refractivity contribution in [3.05, 3.63) is 26.6 Å². The van der Waals surface area contributed by atoms with Crippen molar-refractivity contribution in [2.24, 2.45) is 0 Å². The highest BCUT2D eigenvalue weighted by Crippen LogP contribution is 2.34. The summed E-state index contributed by atoms with van der Waals surface area (Å²) in [5.74, 6) is -2.09. The van der Waals surface area contributed by atoms with Crippen molar-refractivity contribution in [2.75, 3.05) is 18.5 Å². The summed E-state index contributed by atoms with van der Waals surface area (Å²) in [7, 11) is 0. The number of halogens is 1. The van der Waals surface area contributed by atoms with Crippen molar-refractivity contribution < 1.29 is 28.7 Å². The van der Waals surface area contributed by atoms with E-state index in [1.54, 1.807) is 13.8 Å². The van der Waals surface area contributed by atoms with Crippen LogP contribution >= 0.6 is 22.9 Å². The number of carbonyl (C=O) groups excluding carboxylic acids is 4. The molecule has 0 bridgehead atoms. The highest BCUT2D eigenvalue weighted by Gasteiger charge is 2.26. The number of esters is 2. The van der Waals surface area contributed by atoms with Gasteiger partial charge in [0.1, 0.15) is 5.00 Å². The number of thiophene rings is 1. The zero-order valence-corrected chi connectivity index (χ0v) is 17.6. The van der Waals surface area contributed by atoms with E-state index in [1.165, 1.54) is 6.92 Å². The van der Waals surface area contributed by atoms with E-state index in [0.717, 1.165) is 24.2 Å². The normalized spacial score (nSPS) is 13.9. The fourth-order valence-electron chi connectivity index (χ4n) is 2.85. The first-order valence-corrected chi connectivity index (χ1v) is 10.1. The largest absolute Gasteiger partial charge is 0.462 e. The minimum atomic E-state index is -0.629. The van der Waals surface area contributed by atoms with Gasteiger partial charge >= 0.3 is 11.9 Å². The first-order chi connectivity index (χ1) is 13.3. The lowest BCUT2D eigenvalue weighted by Crippen LogP contribution is -2.23. The van der Waals surface area contributed by atoms with Crippen LogP contribution in [-0.4, -0.2) is 36.8 Å². The van der Waals surface area contributed by atoms with Crippen LogP contribution in [0.25, 0.3) is 0 Å². The predicted octanol–water partition coefficient (Wildman–Crippen LogP) is 3.98. The number of hydrogen-bond acceptors (Lipinski definition) is 7. The molecule has 0 aromatic carbocycles. The van der Waals surface area contributed by atoms with E-state index in [1.807, 2.05) is 0 Å². The molecule has 1 aliphatic rings. The fourth-order valence-corrected chi connectivity index (χ4v) is 4.26. The number of rotatable bonds is 7. The predicted molar refractivity (Wildman–Crippen MR) is 106 cm³/mol. The molecule has 28 heavy (non-hydrogen) atoms. The van der Waals surface area contributed by atoms with Gasteiger partial charge < -0.3 is 14.8 Å². The van der Waals surface area contributed by atoms with Crippen LogP contribution < -0.4 is 5.32 Å². The van der Waals surface area contributed by atoms with E-state index in [2.05, 4.69) is 5.32 Å². The van der Waals surface area contributed by atoms with Gasteiger partial charge in [0.25, 0.3) is 5.91 Å². The van der Waals surface area contributed by atoms with E-state index < -0.39 is 24.5 Å². The van der Waals surface area contributed by atoms with Crippen LogP contribution in [0.3, 0.4) is 0 Å². The van der Waals surface area contributed by atoms with E-state index in [4.69, 9.17) is 21.1 Å². The Labute approximate surface area is 172 Å². The van der Waals surface area contributed by atoms with Crippen LogP contribution in [0.15, 0.2) is 10.6 Å². The summed E-state index contributed by atoms with van der Waals surface area (Å²) in [4.78, 5) is 48.7. The summed E-state index contributed by atoms with van der Waals surface area (Å²) in [6.45, 7) is 4.29. The minimum Gasteiger partial charge on any atom is -0.462 e. The van der Waals surface area contributed by atoms with Crippen molar-refractivity contribution in [1.82, 2.24) is 0 Å². The van der Waals surface area contributed by atoms with Crippen molar-refractivity contribution in [2.45, 2.75) is 46.5 Å². The summed E-state index contributed by atoms with van der Waals surface area (Å²) in [6.07, 6.45) is 2.92. The van der Waals surface area contributed by atoms with Crippen LogP contribution in [0.1, 0.15) is 65.1 Å². The minimum absolute atomic E-state index is 0.134. The number of anilines is 1. The van der Waals surface area contributed by atoms with E-state index in [0.29, 0.717) is 33.9 Å². The smallest absolute Gasteiger partial charge is 0.341 e. The van der Waals surface area contributed by atoms with Crippen LogP contribution in [-0.2, 0) is 19.1 Å². The highest BCUT2D eigenvalue weighted by molar-refractivity contribution is 7.18. The lowest BCUT2D eigenvalue weighted by molar-refractivity contribution is -0.143. The number of amides is 1. The number of hydrogen-bond donors (Lipinski definition) is 1. The molecule has 0 spiro atoms. The van der Waals surface area contributed by atoms with Gasteiger partial charge in [-0.25, -0.2) is 9.59 Å². The maximum Gasteiger partial charge on any atom is 0.341 e. The highest BCUT2D eigenvalue weighted by atomic mass is 35.5. The molecule has 0 saturated heterocycles. The molecular weight excluding hydrogens is 406 g/mol. The fraction of sp³-hybridized carbons (Fsp3) is 0.474. The topological polar surface area (TPSA) is 98.8 Å². The Hall–Kier alpha value is -2.19. The Morgan fingerprint density at radius 1 is 1.11 bits per heavy atom. The molecule has 0 unspecified atom stereocenters. The Morgan fingerprint density at radius 2 is 1.79 bits per heavy atom. The zero-order chi connectivity index (χ0) is 20.8. The van der Waals surface area contributed by atoms with Crippen LogP contribution in [0.5, 0.6) is 0 Å². The van der Waals surface area contributed by atoms with E-state index in [-0.39, 0.29) is 23.0 Å². The molecule has 0 radical (unpaired) electrons. The van der Waals surface area contributed by atoms with Crippen molar-refractivity contribution in [3.8, 4) is 0 Å². The molecule has 0 saturated carbocycles. The van der Waals surface area contributed by atoms with Gasteiger partial charge in [-0.1, -0.05) is 11.6 Å². The molecule has 1 amide bonds. The van der Waals surface area contributed by atoms with Crippen molar-refractivity contribution in [3.63, 3.8) is 0 Å². The van der Waals surface area contributed by atoms with Gasteiger partial charge in [-0.15, -0.1) is 11.3 Å². The van der Waals surface area contributed by atoms with Crippen molar-refractivity contribution >= 4 is 51.6 Å². The number of nitrogens with one attached hydrogen (secondary N) is 1. The molecule has 1 aromatic heterocycles. The lowest BCUT2D eigenvalue weighted by atomic mass is 9.99. The number of carbonyl (C=O) groups is 4. The third-order valence-corrected chi connectivity index (χ3v) is 5.91. The Bertz CT molecular complexity index is 842. The summed E-state index contributed by atoms with van der Waals surface area (Å²) >= 11 is 7.04. The van der Waals surface area contributed by atoms with Gasteiger partial charge in [0.05, 0.1) is 22.6 Å². The number of allylic oxidation sites excluding steroid dienone is 1. The average Bonchev–Trinajstić information content (AvgIpc) is 2.96. The molecule has 9 heteroatoms. The van der Waals surface area contributed by atoms with Crippen LogP contribution in [0.2, 0.25) is 0 Å². The maximum atomic E-state index is 12.2. The van der Waals surface area contributed by atoms with Gasteiger partial charge in [0.2, 0.25) is 0 Å². The molecule has 1 N–H and O–H groups in total. The number of ether oxygens (including phenoxy) is 2. The Morgan fingerprint density at radius 3 is 2.39 bits per heavy atom. The monoisotopic (exact) mass is 427 g/mol. The van der Waals surface area contributed by atoms with Gasteiger partial charge in [0.15, 0.2) is 12.4 Å². The molecule has 0 aliphatic heterocycles. The van der Waals surface area contributed by atoms with E-state index in [9.17, 15) is 19.2 Å². The maximum absolute atomic E-state index is 12.2. The summed E-state index contributed by atoms with van der Waals surface area (Å²) in [5.41, 5.74) is 0.982. The molecule has 1 heterocycles. The first-order valence-electron chi connectivity index (χ1n) is 8.92. The zero-order valence-electron chi connectivity index (χ0n) is 16.0. The van der Waals surface area contributed by atoms with Gasteiger partial charge in [-0.05, 0) is 52.0 Å². The van der Waals surface area contributed by atoms with E-state index >= 15 is 0 Å². The van der Waals surface area contributed by atoms with Gasteiger partial charge in [-0.3, -0.25) is 9.59 Å². The number of Topliss-reactive ketones (excluding diaryl/α,β-unsaturated/α-hetero) is 1. The van der Waals surface area contributed by atoms with Crippen LogP contribution in [0, 0.1) is 6.92 Å². The second kappa shape index (κ2) is 9.84. The summed E-state index contributed by atoms with van der Waals surface area (Å²) in [5, 5.41) is 3.20. The molecule has 1 aliphatic carbocycles. The van der Waals surface area contributed by atoms with Crippen LogP contribution in [0.4, 0.5) is 5.00 Å². The molecule has 0 atom stereocenters.